The third-order valence-electron chi connectivity index (χ3n) is 3.77. The van der Waals surface area contributed by atoms with Crippen molar-refractivity contribution in [2.24, 2.45) is 0 Å². The Bertz CT molecular complexity index is 775. The Kier molecular flexibility index (Phi) is 4.96. The normalized spacial score (nSPS) is 14.4. The van der Waals surface area contributed by atoms with Gasteiger partial charge < -0.3 is 10.6 Å². The highest BCUT2D eigenvalue weighted by atomic mass is 32.1. The lowest BCUT2D eigenvalue weighted by molar-refractivity contribution is -0.146. The minimum atomic E-state index is -4.24. The summed E-state index contributed by atoms with van der Waals surface area (Å²) in [4.78, 5) is 18.6. The zero-order valence-corrected chi connectivity index (χ0v) is 14.3. The molecule has 1 aromatic heterocycles. The third-order valence-corrected chi connectivity index (χ3v) is 4.68. The van der Waals surface area contributed by atoms with E-state index in [-0.39, 0.29) is 13.1 Å². The fourth-order valence-electron chi connectivity index (χ4n) is 2.78. The fourth-order valence-corrected chi connectivity index (χ4v) is 3.50. The second-order valence-corrected chi connectivity index (χ2v) is 7.20. The van der Waals surface area contributed by atoms with Crippen LogP contribution in [0, 0.1) is 6.92 Å². The number of anilines is 1. The summed E-state index contributed by atoms with van der Waals surface area (Å²) < 4.78 is 37.7. The Morgan fingerprint density at radius 2 is 2.16 bits per heavy atom. The summed E-state index contributed by atoms with van der Waals surface area (Å²) in [6.45, 7) is 1.67. The lowest BCUT2D eigenvalue weighted by Gasteiger charge is -2.17. The zero-order chi connectivity index (χ0) is 18.0. The number of rotatable bonds is 4. The summed E-state index contributed by atoms with van der Waals surface area (Å²) in [5.41, 5.74) is 2.07. The summed E-state index contributed by atoms with van der Waals surface area (Å²) in [5.74, 6) is 0. The van der Waals surface area contributed by atoms with E-state index in [9.17, 15) is 18.0 Å². The lowest BCUT2D eigenvalue weighted by Crippen LogP contribution is -2.30. The molecule has 2 N–H and O–H groups in total. The molecule has 0 spiro atoms. The molecule has 2 heterocycles. The highest BCUT2D eigenvalue weighted by Crippen LogP contribution is 2.31. The van der Waals surface area contributed by atoms with E-state index < -0.39 is 18.8 Å². The van der Waals surface area contributed by atoms with Gasteiger partial charge in [0.15, 0.2) is 0 Å². The number of urea groups is 1. The van der Waals surface area contributed by atoms with Crippen LogP contribution in [-0.2, 0) is 19.6 Å². The van der Waals surface area contributed by atoms with Gasteiger partial charge in [0, 0.05) is 29.9 Å². The number of halogens is 3. The molecule has 2 amide bonds. The summed E-state index contributed by atoms with van der Waals surface area (Å²) in [6, 6.07) is 4.81. The number of alkyl halides is 3. The third kappa shape index (κ3) is 4.70. The number of nitrogens with zero attached hydrogens (tertiary/aromatic N) is 2. The van der Waals surface area contributed by atoms with Gasteiger partial charge in [-0.25, -0.2) is 9.78 Å². The average Bonchev–Trinajstić information content (AvgIpc) is 3.09. The number of fused-ring (bicyclic) bond motifs is 1. The van der Waals surface area contributed by atoms with Crippen LogP contribution in [0.2, 0.25) is 0 Å². The molecule has 0 saturated carbocycles. The number of hydrogen-bond donors (Lipinski definition) is 2. The molecule has 0 unspecified atom stereocenters. The van der Waals surface area contributed by atoms with Crippen molar-refractivity contribution in [3.8, 4) is 0 Å². The van der Waals surface area contributed by atoms with Crippen LogP contribution < -0.4 is 10.6 Å². The number of carbonyl (C=O) groups excluding carboxylic acids is 1. The van der Waals surface area contributed by atoms with E-state index in [4.69, 9.17) is 0 Å². The number of carbonyl (C=O) groups is 1. The maximum absolute atomic E-state index is 12.6. The number of thiazole rings is 1. The molecule has 5 nitrogen and oxygen atoms in total. The Hall–Kier alpha value is -2.13. The fraction of sp³-hybridized carbons (Fsp3) is 0.375. The van der Waals surface area contributed by atoms with Crippen molar-refractivity contribution < 1.29 is 18.0 Å². The van der Waals surface area contributed by atoms with Crippen molar-refractivity contribution >= 4 is 23.1 Å². The van der Waals surface area contributed by atoms with Crippen LogP contribution in [-0.4, -0.2) is 28.6 Å². The van der Waals surface area contributed by atoms with Gasteiger partial charge in [0.2, 0.25) is 0 Å². The van der Waals surface area contributed by atoms with Crippen molar-refractivity contribution in [2.75, 3.05) is 11.9 Å². The van der Waals surface area contributed by atoms with Crippen LogP contribution in [0.25, 0.3) is 0 Å². The molecule has 0 atom stereocenters. The van der Waals surface area contributed by atoms with Gasteiger partial charge in [-0.1, -0.05) is 12.1 Å². The molecule has 25 heavy (non-hydrogen) atoms. The van der Waals surface area contributed by atoms with Crippen molar-refractivity contribution in [1.82, 2.24) is 15.2 Å². The van der Waals surface area contributed by atoms with E-state index in [2.05, 4.69) is 15.6 Å². The smallest absolute Gasteiger partial charge is 0.331 e. The molecular formula is C16H17F3N4OS. The van der Waals surface area contributed by atoms with Gasteiger partial charge in [0.25, 0.3) is 0 Å². The quantitative estimate of drug-likeness (QED) is 0.864. The predicted molar refractivity (Wildman–Crippen MR) is 89.3 cm³/mol. The number of nitrogens with one attached hydrogen (secondary N) is 2. The Morgan fingerprint density at radius 1 is 1.36 bits per heavy atom. The van der Waals surface area contributed by atoms with Crippen LogP contribution >= 0.6 is 11.3 Å². The molecule has 1 aromatic carbocycles. The number of aryl methyl sites for hydroxylation is 1. The van der Waals surface area contributed by atoms with Gasteiger partial charge in [0.05, 0.1) is 13.1 Å². The van der Waals surface area contributed by atoms with Crippen LogP contribution in [0.5, 0.6) is 0 Å². The molecule has 0 bridgehead atoms. The second kappa shape index (κ2) is 7.01. The monoisotopic (exact) mass is 370 g/mol. The first-order valence-electron chi connectivity index (χ1n) is 7.66. The minimum absolute atomic E-state index is 0.164. The first kappa shape index (κ1) is 17.7. The molecule has 0 saturated heterocycles. The van der Waals surface area contributed by atoms with Crippen LogP contribution in [0.4, 0.5) is 23.7 Å². The highest BCUT2D eigenvalue weighted by molar-refractivity contribution is 7.11. The van der Waals surface area contributed by atoms with Gasteiger partial charge in [-0.3, -0.25) is 4.90 Å². The number of benzene rings is 1. The van der Waals surface area contributed by atoms with Gasteiger partial charge in [-0.05, 0) is 24.1 Å². The van der Waals surface area contributed by atoms with Gasteiger partial charge in [-0.15, -0.1) is 11.3 Å². The van der Waals surface area contributed by atoms with Crippen molar-refractivity contribution in [1.29, 1.82) is 0 Å². The van der Waals surface area contributed by atoms with E-state index >= 15 is 0 Å². The summed E-state index contributed by atoms with van der Waals surface area (Å²) in [6.07, 6.45) is -2.50. The standard InChI is InChI=1S/C16H17F3N4OS/c1-10-5-20-14(25-10)6-21-15(24)22-13-4-2-3-11-7-23(8-12(11)13)9-16(17,18)19/h2-5H,6-9H2,1H3,(H2,21,22,24). The topological polar surface area (TPSA) is 57.3 Å². The lowest BCUT2D eigenvalue weighted by atomic mass is 10.1. The molecule has 1 aliphatic rings. The molecule has 9 heteroatoms. The maximum atomic E-state index is 12.6. The molecule has 2 aromatic rings. The van der Waals surface area contributed by atoms with E-state index in [1.807, 2.05) is 6.92 Å². The van der Waals surface area contributed by atoms with Crippen LogP contribution in [0.1, 0.15) is 21.0 Å². The van der Waals surface area contributed by atoms with Gasteiger partial charge in [0.1, 0.15) is 5.01 Å². The Morgan fingerprint density at radius 3 is 2.84 bits per heavy atom. The SMILES string of the molecule is Cc1cnc(CNC(=O)Nc2cccc3c2CN(CC(F)(F)F)C3)s1. The van der Waals surface area contributed by atoms with Gasteiger partial charge in [-0.2, -0.15) is 13.2 Å². The van der Waals surface area contributed by atoms with Crippen molar-refractivity contribution in [3.05, 3.63) is 45.4 Å². The van der Waals surface area contributed by atoms with E-state index in [1.54, 1.807) is 24.4 Å². The minimum Gasteiger partial charge on any atom is -0.331 e. The van der Waals surface area contributed by atoms with Crippen LogP contribution in [0.3, 0.4) is 0 Å². The number of hydrogen-bond acceptors (Lipinski definition) is 4. The molecule has 0 radical (unpaired) electrons. The van der Waals surface area contributed by atoms with E-state index in [1.165, 1.54) is 16.2 Å². The molecule has 1 aliphatic heterocycles. The van der Waals surface area contributed by atoms with E-state index in [0.717, 1.165) is 21.0 Å². The first-order chi connectivity index (χ1) is 11.8. The van der Waals surface area contributed by atoms with E-state index in [0.29, 0.717) is 12.2 Å². The highest BCUT2D eigenvalue weighted by Gasteiger charge is 2.34. The number of amides is 2. The van der Waals surface area contributed by atoms with Crippen LogP contribution in [0.15, 0.2) is 24.4 Å². The largest absolute Gasteiger partial charge is 0.401 e. The van der Waals surface area contributed by atoms with Crippen molar-refractivity contribution in [2.45, 2.75) is 32.7 Å². The molecular weight excluding hydrogens is 353 g/mol. The van der Waals surface area contributed by atoms with Gasteiger partial charge >= 0.3 is 12.2 Å². The first-order valence-corrected chi connectivity index (χ1v) is 8.48. The Labute approximate surface area is 146 Å². The molecule has 134 valence electrons. The maximum Gasteiger partial charge on any atom is 0.401 e. The molecule has 0 fully saturated rings. The Balaban J connectivity index is 1.61. The average molecular weight is 370 g/mol. The van der Waals surface area contributed by atoms with Crippen molar-refractivity contribution in [3.63, 3.8) is 0 Å². The summed E-state index contributed by atoms with van der Waals surface area (Å²) >= 11 is 1.49. The summed E-state index contributed by atoms with van der Waals surface area (Å²) in [5, 5.41) is 6.22. The molecule has 0 aliphatic carbocycles. The zero-order valence-electron chi connectivity index (χ0n) is 13.5. The molecule has 3 rings (SSSR count). The number of aromatic nitrogens is 1. The predicted octanol–water partition coefficient (Wildman–Crippen LogP) is 3.65. The second-order valence-electron chi connectivity index (χ2n) is 5.88. The summed E-state index contributed by atoms with van der Waals surface area (Å²) in [7, 11) is 0.